The number of halogens is 2. The molecule has 0 saturated heterocycles. The molecule has 1 atom stereocenters. The lowest BCUT2D eigenvalue weighted by atomic mass is 10.4. The van der Waals surface area contributed by atoms with E-state index in [2.05, 4.69) is 15.3 Å². The highest BCUT2D eigenvalue weighted by Gasteiger charge is 2.05. The van der Waals surface area contributed by atoms with Gasteiger partial charge in [-0.2, -0.15) is 0 Å². The molecular weight excluding hydrogens is 225 g/mol. The zero-order valence-corrected chi connectivity index (χ0v) is 9.22. The summed E-state index contributed by atoms with van der Waals surface area (Å²) in [5, 5.41) is 3.38. The van der Waals surface area contributed by atoms with Crippen molar-refractivity contribution >= 4 is 29.0 Å². The third-order valence-electron chi connectivity index (χ3n) is 1.51. The first-order valence-corrected chi connectivity index (χ1v) is 4.88. The molecule has 0 bridgehead atoms. The van der Waals surface area contributed by atoms with E-state index in [-0.39, 0.29) is 5.38 Å². The molecule has 4 nitrogen and oxygen atoms in total. The Kier molecular flexibility index (Phi) is 4.93. The van der Waals surface area contributed by atoms with Crippen LogP contribution in [0.25, 0.3) is 0 Å². The normalized spacial score (nSPS) is 12.5. The molecule has 0 aromatic carbocycles. The van der Waals surface area contributed by atoms with Crippen LogP contribution in [0.2, 0.25) is 5.02 Å². The molecule has 14 heavy (non-hydrogen) atoms. The van der Waals surface area contributed by atoms with Crippen molar-refractivity contribution < 1.29 is 4.74 Å². The van der Waals surface area contributed by atoms with Crippen molar-refractivity contribution in [3.8, 4) is 0 Å². The number of ether oxygens (including phenoxy) is 1. The summed E-state index contributed by atoms with van der Waals surface area (Å²) in [6.45, 7) is 1.03. The van der Waals surface area contributed by atoms with Crippen LogP contribution in [0.3, 0.4) is 0 Å². The Balaban J connectivity index is 2.41. The molecule has 6 heteroatoms. The number of methoxy groups -OCH3 is 1. The Morgan fingerprint density at radius 3 is 3.07 bits per heavy atom. The number of rotatable bonds is 5. The summed E-state index contributed by atoms with van der Waals surface area (Å²) in [7, 11) is 1.60. The van der Waals surface area contributed by atoms with Crippen LogP contribution in [0.1, 0.15) is 0 Å². The molecule has 1 unspecified atom stereocenters. The van der Waals surface area contributed by atoms with Crippen molar-refractivity contribution in [1.82, 2.24) is 9.97 Å². The lowest BCUT2D eigenvalue weighted by molar-refractivity contribution is 0.200. The molecule has 0 fully saturated rings. The summed E-state index contributed by atoms with van der Waals surface area (Å²) >= 11 is 11.7. The van der Waals surface area contributed by atoms with E-state index >= 15 is 0 Å². The van der Waals surface area contributed by atoms with Gasteiger partial charge in [0.1, 0.15) is 17.2 Å². The lowest BCUT2D eigenvalue weighted by Crippen LogP contribution is -2.19. The van der Waals surface area contributed by atoms with E-state index in [0.29, 0.717) is 24.0 Å². The number of hydrogen-bond donors (Lipinski definition) is 1. The predicted octanol–water partition coefficient (Wildman–Crippen LogP) is 1.80. The molecule has 0 aliphatic rings. The summed E-state index contributed by atoms with van der Waals surface area (Å²) < 4.78 is 4.88. The van der Waals surface area contributed by atoms with Crippen molar-refractivity contribution in [1.29, 1.82) is 0 Å². The Morgan fingerprint density at radius 2 is 2.43 bits per heavy atom. The summed E-state index contributed by atoms with van der Waals surface area (Å²) in [6, 6.07) is 0. The van der Waals surface area contributed by atoms with Crippen molar-refractivity contribution in [2.75, 3.05) is 25.6 Å². The summed E-state index contributed by atoms with van der Waals surface area (Å²) in [5.74, 6) is 0.586. The maximum atomic E-state index is 5.91. The van der Waals surface area contributed by atoms with Crippen LogP contribution in [0.5, 0.6) is 0 Å². The molecule has 0 spiro atoms. The molecule has 78 valence electrons. The highest BCUT2D eigenvalue weighted by atomic mass is 35.5. The molecule has 1 aromatic heterocycles. The fourth-order valence-corrected chi connectivity index (χ4v) is 1.27. The molecule has 0 aliphatic carbocycles. The zero-order chi connectivity index (χ0) is 10.4. The Morgan fingerprint density at radius 1 is 1.64 bits per heavy atom. The van der Waals surface area contributed by atoms with Crippen LogP contribution in [-0.2, 0) is 4.74 Å². The topological polar surface area (TPSA) is 47.0 Å². The van der Waals surface area contributed by atoms with Gasteiger partial charge in [0.15, 0.2) is 0 Å². The lowest BCUT2D eigenvalue weighted by Gasteiger charge is -2.10. The highest BCUT2D eigenvalue weighted by molar-refractivity contribution is 6.32. The molecule has 1 N–H and O–H groups in total. The second-order valence-electron chi connectivity index (χ2n) is 2.65. The van der Waals surface area contributed by atoms with Gasteiger partial charge in [-0.05, 0) is 0 Å². The van der Waals surface area contributed by atoms with E-state index in [4.69, 9.17) is 27.9 Å². The molecule has 0 aliphatic heterocycles. The van der Waals surface area contributed by atoms with Crippen molar-refractivity contribution in [2.45, 2.75) is 5.38 Å². The molecule has 0 radical (unpaired) electrons. The summed E-state index contributed by atoms with van der Waals surface area (Å²) in [5.41, 5.74) is 0. The Hall–Kier alpha value is -0.580. The van der Waals surface area contributed by atoms with Crippen LogP contribution in [0, 0.1) is 0 Å². The van der Waals surface area contributed by atoms with Gasteiger partial charge in [-0.1, -0.05) is 11.6 Å². The highest BCUT2D eigenvalue weighted by Crippen LogP contribution is 2.16. The summed E-state index contributed by atoms with van der Waals surface area (Å²) in [6.07, 6.45) is 2.95. The number of hydrogen-bond acceptors (Lipinski definition) is 4. The van der Waals surface area contributed by atoms with Gasteiger partial charge in [-0.3, -0.25) is 0 Å². The van der Waals surface area contributed by atoms with Crippen molar-refractivity contribution in [2.24, 2.45) is 0 Å². The van der Waals surface area contributed by atoms with E-state index in [1.807, 2.05) is 0 Å². The third-order valence-corrected chi connectivity index (χ3v) is 2.06. The van der Waals surface area contributed by atoms with Crippen LogP contribution in [0.4, 0.5) is 5.82 Å². The fourth-order valence-electron chi connectivity index (χ4n) is 0.890. The third kappa shape index (κ3) is 3.65. The maximum Gasteiger partial charge on any atom is 0.148 e. The number of anilines is 1. The SMILES string of the molecule is COCC(Cl)CNc1ncncc1Cl. The van der Waals surface area contributed by atoms with E-state index in [1.165, 1.54) is 12.5 Å². The predicted molar refractivity (Wildman–Crippen MR) is 57.0 cm³/mol. The van der Waals surface area contributed by atoms with Gasteiger partial charge in [0, 0.05) is 13.7 Å². The number of nitrogens with one attached hydrogen (secondary N) is 1. The van der Waals surface area contributed by atoms with E-state index in [0.717, 1.165) is 0 Å². The van der Waals surface area contributed by atoms with Crippen molar-refractivity contribution in [3.63, 3.8) is 0 Å². The monoisotopic (exact) mass is 235 g/mol. The second-order valence-corrected chi connectivity index (χ2v) is 3.68. The molecule has 0 saturated carbocycles. The standard InChI is InChI=1S/C8H11Cl2N3O/c1-14-4-6(9)2-12-8-7(10)3-11-5-13-8/h3,5-6H,2,4H2,1H3,(H,11,12,13). The minimum atomic E-state index is -0.106. The molecule has 1 aromatic rings. The van der Waals surface area contributed by atoms with Crippen LogP contribution >= 0.6 is 23.2 Å². The molecule has 0 amide bonds. The molecule has 1 rings (SSSR count). The van der Waals surface area contributed by atoms with Gasteiger partial charge in [0.05, 0.1) is 18.2 Å². The maximum absolute atomic E-state index is 5.91. The molecular formula is C8H11Cl2N3O. The fraction of sp³-hybridized carbons (Fsp3) is 0.500. The number of alkyl halides is 1. The van der Waals surface area contributed by atoms with Crippen molar-refractivity contribution in [3.05, 3.63) is 17.5 Å². The van der Waals surface area contributed by atoms with Crippen LogP contribution < -0.4 is 5.32 Å². The van der Waals surface area contributed by atoms with Gasteiger partial charge in [0.2, 0.25) is 0 Å². The minimum Gasteiger partial charge on any atom is -0.383 e. The molecule has 1 heterocycles. The number of aromatic nitrogens is 2. The van der Waals surface area contributed by atoms with Crippen LogP contribution in [-0.4, -0.2) is 35.6 Å². The first-order valence-electron chi connectivity index (χ1n) is 4.06. The largest absolute Gasteiger partial charge is 0.383 e. The van der Waals surface area contributed by atoms with Crippen LogP contribution in [0.15, 0.2) is 12.5 Å². The second kappa shape index (κ2) is 6.01. The number of nitrogens with zero attached hydrogens (tertiary/aromatic N) is 2. The zero-order valence-electron chi connectivity index (χ0n) is 7.70. The van der Waals surface area contributed by atoms with E-state index < -0.39 is 0 Å². The quantitative estimate of drug-likeness (QED) is 0.792. The minimum absolute atomic E-state index is 0.106. The van der Waals surface area contributed by atoms with Gasteiger partial charge >= 0.3 is 0 Å². The summed E-state index contributed by atoms with van der Waals surface area (Å²) in [4.78, 5) is 7.72. The van der Waals surface area contributed by atoms with Gasteiger partial charge in [-0.25, -0.2) is 9.97 Å². The van der Waals surface area contributed by atoms with Gasteiger partial charge in [-0.15, -0.1) is 11.6 Å². The Labute approximate surface area is 92.6 Å². The van der Waals surface area contributed by atoms with E-state index in [1.54, 1.807) is 7.11 Å². The van der Waals surface area contributed by atoms with E-state index in [9.17, 15) is 0 Å². The van der Waals surface area contributed by atoms with Gasteiger partial charge in [0.25, 0.3) is 0 Å². The average molecular weight is 236 g/mol. The first-order chi connectivity index (χ1) is 6.74. The first kappa shape index (κ1) is 11.5. The average Bonchev–Trinajstić information content (AvgIpc) is 2.17. The van der Waals surface area contributed by atoms with Gasteiger partial charge < -0.3 is 10.1 Å². The Bertz CT molecular complexity index is 285. The smallest absolute Gasteiger partial charge is 0.148 e.